The Bertz CT molecular complexity index is 466. The van der Waals surface area contributed by atoms with Crippen LogP contribution in [0.5, 0.6) is 0 Å². The molecule has 0 amide bonds. The number of carboxylic acid groups (broad SMARTS) is 1. The van der Waals surface area contributed by atoms with Gasteiger partial charge in [0, 0.05) is 19.2 Å². The first-order chi connectivity index (χ1) is 8.45. The molecule has 8 heteroatoms. The molecule has 1 atom stereocenters. The summed E-state index contributed by atoms with van der Waals surface area (Å²) in [7, 11) is 1.29. The normalized spacial score (nSPS) is 11.9. The van der Waals surface area contributed by atoms with E-state index < -0.39 is 28.4 Å². The molecule has 0 saturated carbocycles. The second kappa shape index (κ2) is 5.92. The molecule has 0 heterocycles. The molecule has 0 bridgehead atoms. The van der Waals surface area contributed by atoms with Gasteiger partial charge >= 0.3 is 5.97 Å². The van der Waals surface area contributed by atoms with Crippen LogP contribution in [-0.2, 0) is 9.53 Å². The molecule has 98 valence electrons. The Morgan fingerprint density at radius 3 is 2.83 bits per heavy atom. The third-order valence-corrected chi connectivity index (χ3v) is 2.12. The number of hydrogen-bond acceptors (Lipinski definition) is 5. The van der Waals surface area contributed by atoms with Crippen LogP contribution in [-0.4, -0.2) is 35.8 Å². The first-order valence-electron chi connectivity index (χ1n) is 4.88. The Labute approximate surface area is 101 Å². The number of rotatable bonds is 6. The van der Waals surface area contributed by atoms with Crippen LogP contribution in [0.3, 0.4) is 0 Å². The van der Waals surface area contributed by atoms with Gasteiger partial charge in [-0.1, -0.05) is 0 Å². The lowest BCUT2D eigenvalue weighted by atomic mass is 10.2. The number of nitro groups is 1. The summed E-state index contributed by atoms with van der Waals surface area (Å²) in [5.74, 6) is -1.96. The van der Waals surface area contributed by atoms with E-state index >= 15 is 0 Å². The second-order valence-electron chi connectivity index (χ2n) is 3.41. The maximum absolute atomic E-state index is 13.0. The monoisotopic (exact) mass is 258 g/mol. The van der Waals surface area contributed by atoms with E-state index in [1.165, 1.54) is 7.11 Å². The Morgan fingerprint density at radius 1 is 1.67 bits per heavy atom. The van der Waals surface area contributed by atoms with Gasteiger partial charge in [0.1, 0.15) is 17.5 Å². The Kier molecular flexibility index (Phi) is 4.55. The summed E-state index contributed by atoms with van der Waals surface area (Å²) >= 11 is 0. The minimum Gasteiger partial charge on any atom is -0.480 e. The molecule has 18 heavy (non-hydrogen) atoms. The van der Waals surface area contributed by atoms with Crippen molar-refractivity contribution in [1.82, 2.24) is 0 Å². The minimum atomic E-state index is -1.25. The van der Waals surface area contributed by atoms with Crippen LogP contribution in [0.1, 0.15) is 0 Å². The van der Waals surface area contributed by atoms with Gasteiger partial charge in [0.2, 0.25) is 0 Å². The van der Waals surface area contributed by atoms with Gasteiger partial charge < -0.3 is 15.2 Å². The molecule has 0 radical (unpaired) electrons. The zero-order chi connectivity index (χ0) is 13.7. The largest absolute Gasteiger partial charge is 0.480 e. The Hall–Kier alpha value is -2.22. The van der Waals surface area contributed by atoms with Crippen LogP contribution in [0.4, 0.5) is 15.8 Å². The Morgan fingerprint density at radius 2 is 2.33 bits per heavy atom. The van der Waals surface area contributed by atoms with Gasteiger partial charge in [-0.2, -0.15) is 0 Å². The van der Waals surface area contributed by atoms with E-state index in [2.05, 4.69) is 10.1 Å². The summed E-state index contributed by atoms with van der Waals surface area (Å²) in [4.78, 5) is 20.8. The number of anilines is 1. The maximum atomic E-state index is 13.0. The van der Waals surface area contributed by atoms with E-state index in [4.69, 9.17) is 5.11 Å². The number of methoxy groups -OCH3 is 1. The second-order valence-corrected chi connectivity index (χ2v) is 3.41. The number of carboxylic acids is 1. The average Bonchev–Trinajstić information content (AvgIpc) is 2.28. The topological polar surface area (TPSA) is 102 Å². The number of nitrogens with zero attached hydrogens (tertiary/aromatic N) is 1. The number of nitrogens with one attached hydrogen (secondary N) is 1. The lowest BCUT2D eigenvalue weighted by Crippen LogP contribution is -2.33. The molecule has 1 rings (SSSR count). The van der Waals surface area contributed by atoms with E-state index in [0.717, 1.165) is 18.2 Å². The SMILES string of the molecule is COCC(Nc1cc(F)ccc1[N+](=O)[O-])C(=O)O. The third-order valence-electron chi connectivity index (χ3n) is 2.12. The van der Waals surface area contributed by atoms with Crippen molar-refractivity contribution in [2.45, 2.75) is 6.04 Å². The van der Waals surface area contributed by atoms with E-state index in [-0.39, 0.29) is 12.3 Å². The van der Waals surface area contributed by atoms with Crippen LogP contribution in [0.15, 0.2) is 18.2 Å². The molecule has 1 unspecified atom stereocenters. The van der Waals surface area contributed by atoms with E-state index in [0.29, 0.717) is 0 Å². The summed E-state index contributed by atoms with van der Waals surface area (Å²) in [6.45, 7) is -0.205. The lowest BCUT2D eigenvalue weighted by Gasteiger charge is -2.14. The standard InChI is InChI=1S/C10H11FN2O5/c1-18-5-8(10(14)15)12-7-4-6(11)2-3-9(7)13(16)17/h2-4,8,12H,5H2,1H3,(H,14,15). The highest BCUT2D eigenvalue weighted by Gasteiger charge is 2.22. The molecule has 0 aliphatic heterocycles. The molecule has 0 aliphatic rings. The van der Waals surface area contributed by atoms with Crippen LogP contribution in [0.25, 0.3) is 0 Å². The summed E-state index contributed by atoms with van der Waals surface area (Å²) in [5, 5.41) is 21.9. The maximum Gasteiger partial charge on any atom is 0.328 e. The van der Waals surface area contributed by atoms with Crippen molar-refractivity contribution in [3.63, 3.8) is 0 Å². The zero-order valence-electron chi connectivity index (χ0n) is 9.42. The first-order valence-corrected chi connectivity index (χ1v) is 4.88. The highest BCUT2D eigenvalue weighted by molar-refractivity contribution is 5.79. The molecular formula is C10H11FN2O5. The van der Waals surface area contributed by atoms with Gasteiger partial charge in [-0.25, -0.2) is 9.18 Å². The smallest absolute Gasteiger partial charge is 0.328 e. The number of nitro benzene ring substituents is 1. The highest BCUT2D eigenvalue weighted by atomic mass is 19.1. The molecule has 0 fully saturated rings. The van der Waals surface area contributed by atoms with Crippen molar-refractivity contribution in [2.24, 2.45) is 0 Å². The zero-order valence-corrected chi connectivity index (χ0v) is 9.42. The summed E-state index contributed by atoms with van der Waals surface area (Å²) < 4.78 is 17.7. The van der Waals surface area contributed by atoms with Crippen molar-refractivity contribution in [1.29, 1.82) is 0 Å². The van der Waals surface area contributed by atoms with Gasteiger partial charge in [0.15, 0.2) is 0 Å². The summed E-state index contributed by atoms with van der Waals surface area (Å²) in [6.07, 6.45) is 0. The van der Waals surface area contributed by atoms with Crippen molar-refractivity contribution >= 4 is 17.3 Å². The minimum absolute atomic E-state index is 0.204. The number of benzene rings is 1. The van der Waals surface area contributed by atoms with Crippen LogP contribution < -0.4 is 5.32 Å². The molecule has 0 saturated heterocycles. The van der Waals surface area contributed by atoms with Crippen LogP contribution >= 0.6 is 0 Å². The number of aliphatic carboxylic acids is 1. The molecule has 0 aliphatic carbocycles. The number of ether oxygens (including phenoxy) is 1. The van der Waals surface area contributed by atoms with Gasteiger partial charge in [-0.15, -0.1) is 0 Å². The number of halogens is 1. The Balaban J connectivity index is 3.03. The quantitative estimate of drug-likeness (QED) is 0.588. The predicted octanol–water partition coefficient (Wildman–Crippen LogP) is 1.25. The van der Waals surface area contributed by atoms with Gasteiger partial charge in [-0.05, 0) is 6.07 Å². The van der Waals surface area contributed by atoms with Gasteiger partial charge in [-0.3, -0.25) is 10.1 Å². The van der Waals surface area contributed by atoms with Crippen molar-refractivity contribution in [2.75, 3.05) is 19.0 Å². The molecule has 1 aromatic rings. The molecule has 2 N–H and O–H groups in total. The van der Waals surface area contributed by atoms with E-state index in [9.17, 15) is 19.3 Å². The average molecular weight is 258 g/mol. The van der Waals surface area contributed by atoms with Crippen LogP contribution in [0.2, 0.25) is 0 Å². The number of carbonyl (C=O) groups is 1. The fourth-order valence-electron chi connectivity index (χ4n) is 1.31. The van der Waals surface area contributed by atoms with Crippen molar-refractivity contribution in [3.8, 4) is 0 Å². The van der Waals surface area contributed by atoms with E-state index in [1.54, 1.807) is 0 Å². The molecule has 0 spiro atoms. The van der Waals surface area contributed by atoms with Gasteiger partial charge in [0.05, 0.1) is 11.5 Å². The fraction of sp³-hybridized carbons (Fsp3) is 0.300. The fourth-order valence-corrected chi connectivity index (χ4v) is 1.31. The predicted molar refractivity (Wildman–Crippen MR) is 60.0 cm³/mol. The van der Waals surface area contributed by atoms with Crippen LogP contribution in [0, 0.1) is 15.9 Å². The third kappa shape index (κ3) is 3.39. The molecule has 0 aromatic heterocycles. The van der Waals surface area contributed by atoms with Crippen molar-refractivity contribution < 1.29 is 24.0 Å². The van der Waals surface area contributed by atoms with Gasteiger partial charge in [0.25, 0.3) is 5.69 Å². The van der Waals surface area contributed by atoms with Crippen molar-refractivity contribution in [3.05, 3.63) is 34.1 Å². The summed E-state index contributed by atoms with van der Waals surface area (Å²) in [6, 6.07) is 1.55. The molecule has 1 aromatic carbocycles. The number of hydrogen-bond donors (Lipinski definition) is 2. The van der Waals surface area contributed by atoms with E-state index in [1.807, 2.05) is 0 Å². The highest BCUT2D eigenvalue weighted by Crippen LogP contribution is 2.25. The molecular weight excluding hydrogens is 247 g/mol. The summed E-state index contributed by atoms with van der Waals surface area (Å²) in [5.41, 5.74) is -0.608. The molecule has 7 nitrogen and oxygen atoms in total. The lowest BCUT2D eigenvalue weighted by molar-refractivity contribution is -0.384. The first kappa shape index (κ1) is 13.8.